The molecule has 0 aliphatic heterocycles. The van der Waals surface area contributed by atoms with E-state index in [1.54, 1.807) is 0 Å². The van der Waals surface area contributed by atoms with E-state index in [2.05, 4.69) is 4.72 Å². The Hall–Kier alpha value is -1.76. The molecule has 0 unspecified atom stereocenters. The van der Waals surface area contributed by atoms with Crippen LogP contribution in [0.4, 0.5) is 5.69 Å². The molecule has 0 fully saturated rings. The summed E-state index contributed by atoms with van der Waals surface area (Å²) in [5.74, 6) is -0.448. The lowest BCUT2D eigenvalue weighted by molar-refractivity contribution is 0.0505. The first-order valence-corrected chi connectivity index (χ1v) is 9.32. The minimum absolute atomic E-state index is 0.0108. The molecule has 0 radical (unpaired) electrons. The number of rotatable bonds is 6. The Morgan fingerprint density at radius 3 is 2.33 bits per heavy atom. The Kier molecular flexibility index (Phi) is 6.10. The Morgan fingerprint density at radius 1 is 1.08 bits per heavy atom. The molecule has 0 heterocycles. The zero-order valence-electron chi connectivity index (χ0n) is 12.8. The van der Waals surface area contributed by atoms with Gasteiger partial charge in [-0.3, -0.25) is 4.72 Å². The predicted octanol–water partition coefficient (Wildman–Crippen LogP) is 4.36. The van der Waals surface area contributed by atoms with Crippen LogP contribution in [0.15, 0.2) is 47.4 Å². The fraction of sp³-hybridized carbons (Fsp3) is 0.188. The molecule has 0 saturated heterocycles. The largest absolute Gasteiger partial charge is 0.462 e. The molecule has 1 N–H and O–H groups in total. The zero-order valence-corrected chi connectivity index (χ0v) is 15.1. The average Bonchev–Trinajstić information content (AvgIpc) is 2.55. The molecule has 2 aromatic rings. The van der Waals surface area contributed by atoms with Crippen LogP contribution in [0.5, 0.6) is 0 Å². The van der Waals surface area contributed by atoms with Crippen LogP contribution >= 0.6 is 23.2 Å². The maximum absolute atomic E-state index is 12.3. The Morgan fingerprint density at radius 2 is 1.75 bits per heavy atom. The van der Waals surface area contributed by atoms with Crippen LogP contribution < -0.4 is 4.72 Å². The van der Waals surface area contributed by atoms with Crippen molar-refractivity contribution in [3.05, 3.63) is 58.1 Å². The molecule has 24 heavy (non-hydrogen) atoms. The SMILES string of the molecule is CCCOC(=O)c1ccc(NS(=O)(=O)c2ccc(Cl)c(Cl)c2)cc1. The summed E-state index contributed by atoms with van der Waals surface area (Å²) in [4.78, 5) is 11.7. The highest BCUT2D eigenvalue weighted by atomic mass is 35.5. The van der Waals surface area contributed by atoms with Gasteiger partial charge in [-0.25, -0.2) is 13.2 Å². The van der Waals surface area contributed by atoms with Gasteiger partial charge in [0, 0.05) is 5.69 Å². The lowest BCUT2D eigenvalue weighted by atomic mass is 10.2. The van der Waals surface area contributed by atoms with Crippen molar-refractivity contribution < 1.29 is 17.9 Å². The minimum Gasteiger partial charge on any atom is -0.462 e. The third kappa shape index (κ3) is 4.63. The van der Waals surface area contributed by atoms with Crippen LogP contribution in [0.1, 0.15) is 23.7 Å². The monoisotopic (exact) mass is 387 g/mol. The molecule has 8 heteroatoms. The van der Waals surface area contributed by atoms with Crippen molar-refractivity contribution in [1.82, 2.24) is 0 Å². The van der Waals surface area contributed by atoms with Crippen molar-refractivity contribution in [1.29, 1.82) is 0 Å². The fourth-order valence-electron chi connectivity index (χ4n) is 1.81. The number of carbonyl (C=O) groups is 1. The van der Waals surface area contributed by atoms with Crippen molar-refractivity contribution in [3.8, 4) is 0 Å². The summed E-state index contributed by atoms with van der Waals surface area (Å²) in [5, 5.41) is 0.416. The number of carbonyl (C=O) groups excluding carboxylic acids is 1. The van der Waals surface area contributed by atoms with Crippen molar-refractivity contribution in [3.63, 3.8) is 0 Å². The summed E-state index contributed by atoms with van der Waals surface area (Å²) in [6.45, 7) is 2.23. The number of esters is 1. The molecular weight excluding hydrogens is 373 g/mol. The van der Waals surface area contributed by atoms with Crippen LogP contribution in [0.2, 0.25) is 10.0 Å². The van der Waals surface area contributed by atoms with E-state index in [1.165, 1.54) is 42.5 Å². The molecule has 0 atom stereocenters. The van der Waals surface area contributed by atoms with Gasteiger partial charge >= 0.3 is 5.97 Å². The van der Waals surface area contributed by atoms with Gasteiger partial charge in [0.05, 0.1) is 27.1 Å². The van der Waals surface area contributed by atoms with E-state index in [0.717, 1.165) is 6.42 Å². The number of benzene rings is 2. The quantitative estimate of drug-likeness (QED) is 0.747. The van der Waals surface area contributed by atoms with Gasteiger partial charge in [-0.15, -0.1) is 0 Å². The number of halogens is 2. The molecule has 128 valence electrons. The van der Waals surface area contributed by atoms with Crippen molar-refractivity contribution in [2.24, 2.45) is 0 Å². The van der Waals surface area contributed by atoms with Gasteiger partial charge in [0.25, 0.3) is 10.0 Å². The Bertz CT molecular complexity index is 836. The molecule has 0 spiro atoms. The normalized spacial score (nSPS) is 11.1. The van der Waals surface area contributed by atoms with E-state index in [0.29, 0.717) is 17.9 Å². The Balaban J connectivity index is 2.15. The minimum atomic E-state index is -3.81. The number of hydrogen-bond acceptors (Lipinski definition) is 4. The fourth-order valence-corrected chi connectivity index (χ4v) is 3.26. The average molecular weight is 388 g/mol. The summed E-state index contributed by atoms with van der Waals surface area (Å²) < 4.78 is 32.1. The van der Waals surface area contributed by atoms with Crippen LogP contribution in [-0.2, 0) is 14.8 Å². The molecule has 0 aliphatic rings. The summed E-state index contributed by atoms with van der Waals surface area (Å²) in [6, 6.07) is 9.98. The third-order valence-electron chi connectivity index (χ3n) is 3.01. The first-order chi connectivity index (χ1) is 11.3. The molecule has 0 aromatic heterocycles. The van der Waals surface area contributed by atoms with Gasteiger partial charge in [0.1, 0.15) is 0 Å². The highest BCUT2D eigenvalue weighted by Gasteiger charge is 2.16. The summed E-state index contributed by atoms with van der Waals surface area (Å²) in [7, 11) is -3.81. The molecule has 0 bridgehead atoms. The number of hydrogen-bond donors (Lipinski definition) is 1. The van der Waals surface area contributed by atoms with E-state index in [9.17, 15) is 13.2 Å². The second kappa shape index (κ2) is 7.88. The standard InChI is InChI=1S/C16H15Cl2NO4S/c1-2-9-23-16(20)11-3-5-12(6-4-11)19-24(21,22)13-7-8-14(17)15(18)10-13/h3-8,10,19H,2,9H2,1H3. The smallest absolute Gasteiger partial charge is 0.338 e. The van der Waals surface area contributed by atoms with E-state index >= 15 is 0 Å². The van der Waals surface area contributed by atoms with Crippen molar-refractivity contribution >= 4 is 44.9 Å². The second-order valence-electron chi connectivity index (χ2n) is 4.89. The van der Waals surface area contributed by atoms with Gasteiger partial charge < -0.3 is 4.74 Å². The molecule has 0 amide bonds. The zero-order chi connectivity index (χ0) is 17.7. The summed E-state index contributed by atoms with van der Waals surface area (Å²) >= 11 is 11.6. The van der Waals surface area contributed by atoms with Crippen LogP contribution in [-0.4, -0.2) is 21.0 Å². The van der Waals surface area contributed by atoms with Crippen LogP contribution in [0.3, 0.4) is 0 Å². The lowest BCUT2D eigenvalue weighted by Gasteiger charge is -2.09. The van der Waals surface area contributed by atoms with E-state index in [-0.39, 0.29) is 14.9 Å². The molecule has 0 saturated carbocycles. The first kappa shape index (κ1) is 18.6. The van der Waals surface area contributed by atoms with E-state index < -0.39 is 16.0 Å². The van der Waals surface area contributed by atoms with Gasteiger partial charge in [-0.05, 0) is 48.9 Å². The van der Waals surface area contributed by atoms with Gasteiger partial charge in [0.2, 0.25) is 0 Å². The molecule has 2 aromatic carbocycles. The van der Waals surface area contributed by atoms with Crippen LogP contribution in [0, 0.1) is 0 Å². The van der Waals surface area contributed by atoms with Gasteiger partial charge in [-0.2, -0.15) is 0 Å². The number of ether oxygens (including phenoxy) is 1. The number of nitrogens with one attached hydrogen (secondary N) is 1. The molecule has 2 rings (SSSR count). The summed E-state index contributed by atoms with van der Waals surface area (Å²) in [6.07, 6.45) is 0.729. The van der Waals surface area contributed by atoms with Gasteiger partial charge in [0.15, 0.2) is 0 Å². The predicted molar refractivity (Wildman–Crippen MR) is 94.3 cm³/mol. The Labute approximate surface area is 150 Å². The highest BCUT2D eigenvalue weighted by Crippen LogP contribution is 2.26. The van der Waals surface area contributed by atoms with Gasteiger partial charge in [-0.1, -0.05) is 30.1 Å². The topological polar surface area (TPSA) is 72.5 Å². The number of sulfonamides is 1. The van der Waals surface area contributed by atoms with Crippen molar-refractivity contribution in [2.45, 2.75) is 18.2 Å². The maximum atomic E-state index is 12.3. The van der Waals surface area contributed by atoms with E-state index in [4.69, 9.17) is 27.9 Å². The second-order valence-corrected chi connectivity index (χ2v) is 7.39. The molecule has 0 aliphatic carbocycles. The lowest BCUT2D eigenvalue weighted by Crippen LogP contribution is -2.13. The number of anilines is 1. The van der Waals surface area contributed by atoms with E-state index in [1.807, 2.05) is 6.92 Å². The molecular formula is C16H15Cl2NO4S. The molecule has 5 nitrogen and oxygen atoms in total. The maximum Gasteiger partial charge on any atom is 0.338 e. The summed E-state index contributed by atoms with van der Waals surface area (Å²) in [5.41, 5.74) is 0.661. The van der Waals surface area contributed by atoms with Crippen molar-refractivity contribution in [2.75, 3.05) is 11.3 Å². The third-order valence-corrected chi connectivity index (χ3v) is 5.13. The highest BCUT2D eigenvalue weighted by molar-refractivity contribution is 7.92. The first-order valence-electron chi connectivity index (χ1n) is 7.08. The van der Waals surface area contributed by atoms with Crippen LogP contribution in [0.25, 0.3) is 0 Å².